The molecule has 0 spiro atoms. The Labute approximate surface area is 121 Å². The monoisotopic (exact) mass is 286 g/mol. The molecule has 0 aromatic heterocycles. The van der Waals surface area contributed by atoms with Crippen LogP contribution >= 0.6 is 11.6 Å². The third-order valence-corrected chi connectivity index (χ3v) is 6.04. The fraction of sp³-hybridized carbons (Fsp3) is 0.750. The lowest BCUT2D eigenvalue weighted by atomic mass is 9.83. The average Bonchev–Trinajstić information content (AvgIpc) is 2.12. The summed E-state index contributed by atoms with van der Waals surface area (Å²) in [5.41, 5.74) is 3.23. The van der Waals surface area contributed by atoms with E-state index in [1.165, 1.54) is 5.57 Å². The van der Waals surface area contributed by atoms with Crippen LogP contribution in [-0.4, -0.2) is 14.0 Å². The van der Waals surface area contributed by atoms with Crippen LogP contribution < -0.4 is 0 Å². The highest BCUT2D eigenvalue weighted by atomic mass is 35.5. The van der Waals surface area contributed by atoms with Gasteiger partial charge in [0.15, 0.2) is 0 Å². The van der Waals surface area contributed by atoms with Crippen molar-refractivity contribution in [2.45, 2.75) is 67.1 Å². The first kappa shape index (κ1) is 18.0. The predicted molar refractivity (Wildman–Crippen MR) is 89.2 cm³/mol. The Bertz CT molecular complexity index is 320. The summed E-state index contributed by atoms with van der Waals surface area (Å²) in [6.07, 6.45) is 4.63. The molecule has 0 nitrogen and oxygen atoms in total. The SMILES string of the molecule is CC(C)=CCC/C(=C(\CCl)[Si](C)(C)C)C(C)(C)C. The second kappa shape index (κ2) is 6.95. The first-order chi connectivity index (χ1) is 8.00. The van der Waals surface area contributed by atoms with Crippen molar-refractivity contribution in [2.24, 2.45) is 5.41 Å². The number of hydrogen-bond acceptors (Lipinski definition) is 0. The Morgan fingerprint density at radius 1 is 1.11 bits per heavy atom. The number of alkyl halides is 1. The van der Waals surface area contributed by atoms with Gasteiger partial charge in [-0.2, -0.15) is 0 Å². The summed E-state index contributed by atoms with van der Waals surface area (Å²) in [6.45, 7) is 18.5. The molecule has 106 valence electrons. The molecule has 0 saturated carbocycles. The number of hydrogen-bond donors (Lipinski definition) is 0. The summed E-state index contributed by atoms with van der Waals surface area (Å²) in [5.74, 6) is 0.706. The summed E-state index contributed by atoms with van der Waals surface area (Å²) in [4.78, 5) is 0. The minimum absolute atomic E-state index is 0.236. The molecule has 0 rings (SSSR count). The zero-order valence-electron chi connectivity index (χ0n) is 13.6. The molecule has 0 aromatic rings. The van der Waals surface area contributed by atoms with Crippen LogP contribution in [0.1, 0.15) is 47.5 Å². The fourth-order valence-electron chi connectivity index (χ4n) is 2.22. The van der Waals surface area contributed by atoms with E-state index in [1.54, 1.807) is 10.8 Å². The van der Waals surface area contributed by atoms with Crippen LogP contribution in [0.4, 0.5) is 0 Å². The van der Waals surface area contributed by atoms with Crippen LogP contribution in [0.15, 0.2) is 22.4 Å². The fourth-order valence-corrected chi connectivity index (χ4v) is 5.39. The average molecular weight is 287 g/mol. The highest BCUT2D eigenvalue weighted by Gasteiger charge is 2.27. The maximum Gasteiger partial charge on any atom is 0.0739 e. The van der Waals surface area contributed by atoms with Crippen molar-refractivity contribution in [3.8, 4) is 0 Å². The molecule has 0 fully saturated rings. The van der Waals surface area contributed by atoms with E-state index in [1.807, 2.05) is 0 Å². The maximum absolute atomic E-state index is 6.26. The molecule has 0 aliphatic rings. The van der Waals surface area contributed by atoms with E-state index in [0.29, 0.717) is 5.88 Å². The van der Waals surface area contributed by atoms with Crippen LogP contribution in [0.2, 0.25) is 19.6 Å². The standard InChI is InChI=1S/C16H31ClSi/c1-13(2)10-9-11-14(16(3,4)5)15(12-17)18(6,7)8/h10H,9,11-12H2,1-8H3/b15-14-. The van der Waals surface area contributed by atoms with Crippen molar-refractivity contribution in [3.05, 3.63) is 22.4 Å². The van der Waals surface area contributed by atoms with Crippen molar-refractivity contribution in [2.75, 3.05) is 5.88 Å². The zero-order valence-corrected chi connectivity index (χ0v) is 15.3. The summed E-state index contributed by atoms with van der Waals surface area (Å²) in [6, 6.07) is 0. The molecule has 0 aliphatic heterocycles. The van der Waals surface area contributed by atoms with Gasteiger partial charge in [-0.1, -0.05) is 62.8 Å². The summed E-state index contributed by atoms with van der Waals surface area (Å²) in [5, 5.41) is 1.55. The minimum atomic E-state index is -1.31. The van der Waals surface area contributed by atoms with Gasteiger partial charge < -0.3 is 0 Å². The van der Waals surface area contributed by atoms with Gasteiger partial charge in [0.1, 0.15) is 0 Å². The van der Waals surface area contributed by atoms with Gasteiger partial charge in [-0.25, -0.2) is 0 Å². The molecule has 0 N–H and O–H groups in total. The Kier molecular flexibility index (Phi) is 6.95. The van der Waals surface area contributed by atoms with Gasteiger partial charge >= 0.3 is 0 Å². The molecule has 0 saturated heterocycles. The molecule has 0 heterocycles. The topological polar surface area (TPSA) is 0 Å². The van der Waals surface area contributed by atoms with E-state index in [4.69, 9.17) is 11.6 Å². The molecule has 0 aliphatic carbocycles. The lowest BCUT2D eigenvalue weighted by Gasteiger charge is -2.32. The van der Waals surface area contributed by atoms with Gasteiger partial charge in [0.05, 0.1) is 8.07 Å². The van der Waals surface area contributed by atoms with E-state index in [2.05, 4.69) is 60.3 Å². The Morgan fingerprint density at radius 2 is 1.61 bits per heavy atom. The highest BCUT2D eigenvalue weighted by Crippen LogP contribution is 2.35. The van der Waals surface area contributed by atoms with Gasteiger partial charge in [0.2, 0.25) is 0 Å². The van der Waals surface area contributed by atoms with E-state index < -0.39 is 8.07 Å². The van der Waals surface area contributed by atoms with Crippen molar-refractivity contribution in [3.63, 3.8) is 0 Å². The van der Waals surface area contributed by atoms with Crippen molar-refractivity contribution in [1.82, 2.24) is 0 Å². The number of halogens is 1. The third kappa shape index (κ3) is 6.24. The normalized spacial score (nSPS) is 14.3. The predicted octanol–water partition coefficient (Wildman–Crippen LogP) is 6.19. The molecule has 0 atom stereocenters. The highest BCUT2D eigenvalue weighted by molar-refractivity contribution is 6.84. The minimum Gasteiger partial charge on any atom is -0.122 e. The maximum atomic E-state index is 6.26. The van der Waals surface area contributed by atoms with Gasteiger partial charge in [0, 0.05) is 5.88 Å². The molecular formula is C16H31ClSi. The Morgan fingerprint density at radius 3 is 1.89 bits per heavy atom. The molecule has 0 unspecified atom stereocenters. The Balaban J connectivity index is 5.34. The van der Waals surface area contributed by atoms with E-state index in [9.17, 15) is 0 Å². The first-order valence-corrected chi connectivity index (χ1v) is 11.0. The first-order valence-electron chi connectivity index (χ1n) is 6.92. The number of rotatable bonds is 5. The van der Waals surface area contributed by atoms with Crippen LogP contribution in [0.3, 0.4) is 0 Å². The lowest BCUT2D eigenvalue weighted by Crippen LogP contribution is -2.30. The van der Waals surface area contributed by atoms with Crippen molar-refractivity contribution < 1.29 is 0 Å². The van der Waals surface area contributed by atoms with Gasteiger partial charge in [0.25, 0.3) is 0 Å². The second-order valence-corrected chi connectivity index (χ2v) is 12.8. The van der Waals surface area contributed by atoms with Gasteiger partial charge in [-0.3, -0.25) is 0 Å². The van der Waals surface area contributed by atoms with E-state index in [-0.39, 0.29) is 5.41 Å². The van der Waals surface area contributed by atoms with Crippen LogP contribution in [0.25, 0.3) is 0 Å². The summed E-state index contributed by atoms with van der Waals surface area (Å²) < 4.78 is 0. The summed E-state index contributed by atoms with van der Waals surface area (Å²) >= 11 is 6.26. The summed E-state index contributed by atoms with van der Waals surface area (Å²) in [7, 11) is -1.31. The second-order valence-electron chi connectivity index (χ2n) is 7.41. The molecular weight excluding hydrogens is 256 g/mol. The van der Waals surface area contributed by atoms with Crippen LogP contribution in [0.5, 0.6) is 0 Å². The molecule has 0 bridgehead atoms. The molecule has 0 aromatic carbocycles. The molecule has 0 radical (unpaired) electrons. The van der Waals surface area contributed by atoms with Crippen LogP contribution in [0, 0.1) is 5.41 Å². The van der Waals surface area contributed by atoms with Crippen molar-refractivity contribution in [1.29, 1.82) is 0 Å². The molecule has 0 amide bonds. The number of allylic oxidation sites excluding steroid dienone is 4. The van der Waals surface area contributed by atoms with E-state index in [0.717, 1.165) is 12.8 Å². The quantitative estimate of drug-likeness (QED) is 0.321. The molecule has 2 heteroatoms. The smallest absolute Gasteiger partial charge is 0.0739 e. The Hall–Kier alpha value is -0.0131. The van der Waals surface area contributed by atoms with Crippen LogP contribution in [-0.2, 0) is 0 Å². The largest absolute Gasteiger partial charge is 0.122 e. The molecule has 18 heavy (non-hydrogen) atoms. The van der Waals surface area contributed by atoms with Gasteiger partial charge in [-0.15, -0.1) is 11.6 Å². The third-order valence-electron chi connectivity index (χ3n) is 3.26. The lowest BCUT2D eigenvalue weighted by molar-refractivity contribution is 0.480. The van der Waals surface area contributed by atoms with Gasteiger partial charge in [-0.05, 0) is 32.1 Å². The van der Waals surface area contributed by atoms with E-state index >= 15 is 0 Å². The zero-order chi connectivity index (χ0) is 14.6. The van der Waals surface area contributed by atoms with Crippen molar-refractivity contribution >= 4 is 19.7 Å².